The molecule has 0 spiro atoms. The first-order chi connectivity index (χ1) is 3.91. The van der Waals surface area contributed by atoms with Gasteiger partial charge in [-0.15, -0.1) is 0 Å². The van der Waals surface area contributed by atoms with Crippen molar-refractivity contribution in [2.75, 3.05) is 6.54 Å². The van der Waals surface area contributed by atoms with Gasteiger partial charge in [-0.2, -0.15) is 0 Å². The van der Waals surface area contributed by atoms with E-state index in [1.165, 1.54) is 0 Å². The van der Waals surface area contributed by atoms with Gasteiger partial charge in [-0.25, -0.2) is 4.99 Å². The molecule has 0 N–H and O–H groups in total. The van der Waals surface area contributed by atoms with Gasteiger partial charge in [0.15, 0.2) is 0 Å². The standard InChI is InChI=1S/C6H12N2/c1-3-5-8-6-7-4-2/h4,6H,3,5H2,1-2H3/b7-4-,8-6-. The Morgan fingerprint density at radius 1 is 1.50 bits per heavy atom. The summed E-state index contributed by atoms with van der Waals surface area (Å²) in [6.45, 7) is 4.85. The lowest BCUT2D eigenvalue weighted by Crippen LogP contribution is -1.74. The minimum absolute atomic E-state index is 0.886. The SMILES string of the molecule is C/C=N\C=N/CCC. The van der Waals surface area contributed by atoms with Gasteiger partial charge in [-0.3, -0.25) is 4.99 Å². The summed E-state index contributed by atoms with van der Waals surface area (Å²) in [5.74, 6) is 0. The average Bonchev–Trinajstić information content (AvgIpc) is 1.81. The summed E-state index contributed by atoms with van der Waals surface area (Å²) in [5.41, 5.74) is 0. The number of rotatable bonds is 3. The Balaban J connectivity index is 3.07. The molecule has 0 aliphatic rings. The van der Waals surface area contributed by atoms with Crippen molar-refractivity contribution in [1.29, 1.82) is 0 Å². The predicted molar refractivity (Wildman–Crippen MR) is 37.8 cm³/mol. The summed E-state index contributed by atoms with van der Waals surface area (Å²) in [6.07, 6.45) is 4.40. The molecule has 0 aromatic carbocycles. The minimum Gasteiger partial charge on any atom is -0.274 e. The van der Waals surface area contributed by atoms with Crippen LogP contribution in [-0.2, 0) is 0 Å². The van der Waals surface area contributed by atoms with Crippen molar-refractivity contribution in [3.63, 3.8) is 0 Å². The molecular formula is C6H12N2. The highest BCUT2D eigenvalue weighted by Crippen LogP contribution is 1.74. The highest BCUT2D eigenvalue weighted by molar-refractivity contribution is 5.70. The second-order valence-electron chi connectivity index (χ2n) is 1.43. The quantitative estimate of drug-likeness (QED) is 0.390. The highest BCUT2D eigenvalue weighted by atomic mass is 14.8. The summed E-state index contributed by atoms with van der Waals surface area (Å²) >= 11 is 0. The van der Waals surface area contributed by atoms with Crippen molar-refractivity contribution in [1.82, 2.24) is 0 Å². The molecule has 2 heteroatoms. The van der Waals surface area contributed by atoms with Crippen LogP contribution < -0.4 is 0 Å². The average molecular weight is 112 g/mol. The molecular weight excluding hydrogens is 100 g/mol. The first kappa shape index (κ1) is 7.34. The number of hydrogen-bond acceptors (Lipinski definition) is 1. The Labute approximate surface area is 50.4 Å². The third-order valence-corrected chi connectivity index (χ3v) is 0.650. The van der Waals surface area contributed by atoms with E-state index in [4.69, 9.17) is 0 Å². The van der Waals surface area contributed by atoms with Gasteiger partial charge in [0.05, 0.1) is 0 Å². The molecule has 0 bridgehead atoms. The van der Waals surface area contributed by atoms with E-state index in [2.05, 4.69) is 16.9 Å². The molecule has 8 heavy (non-hydrogen) atoms. The molecule has 2 nitrogen and oxygen atoms in total. The van der Waals surface area contributed by atoms with E-state index < -0.39 is 0 Å². The molecule has 0 saturated heterocycles. The van der Waals surface area contributed by atoms with Crippen LogP contribution in [0.25, 0.3) is 0 Å². The molecule has 0 heterocycles. The van der Waals surface area contributed by atoms with Crippen molar-refractivity contribution in [2.45, 2.75) is 20.3 Å². The van der Waals surface area contributed by atoms with E-state index in [1.807, 2.05) is 6.92 Å². The smallest absolute Gasteiger partial charge is 0.109 e. The third kappa shape index (κ3) is 5.34. The summed E-state index contributed by atoms with van der Waals surface area (Å²) < 4.78 is 0. The Kier molecular flexibility index (Phi) is 5.82. The van der Waals surface area contributed by atoms with Crippen molar-refractivity contribution in [3.05, 3.63) is 0 Å². The van der Waals surface area contributed by atoms with Crippen LogP contribution in [-0.4, -0.2) is 19.1 Å². The van der Waals surface area contributed by atoms with Gasteiger partial charge in [-0.05, 0) is 13.3 Å². The Morgan fingerprint density at radius 2 is 2.25 bits per heavy atom. The zero-order valence-corrected chi connectivity index (χ0v) is 5.46. The topological polar surface area (TPSA) is 24.7 Å². The fourth-order valence-corrected chi connectivity index (χ4v) is 0.301. The molecule has 0 saturated carbocycles. The molecule has 0 aliphatic heterocycles. The number of hydrogen-bond donors (Lipinski definition) is 0. The Bertz CT molecular complexity index is 84.5. The largest absolute Gasteiger partial charge is 0.274 e. The second kappa shape index (κ2) is 6.34. The van der Waals surface area contributed by atoms with E-state index in [9.17, 15) is 0 Å². The van der Waals surface area contributed by atoms with Crippen LogP contribution in [0, 0.1) is 0 Å². The fourth-order valence-electron chi connectivity index (χ4n) is 0.301. The van der Waals surface area contributed by atoms with E-state index >= 15 is 0 Å². The zero-order valence-electron chi connectivity index (χ0n) is 5.46. The lowest BCUT2D eigenvalue weighted by atomic mass is 10.5. The molecule has 0 radical (unpaired) electrons. The lowest BCUT2D eigenvalue weighted by molar-refractivity contribution is 0.935. The van der Waals surface area contributed by atoms with Gasteiger partial charge in [0.1, 0.15) is 6.34 Å². The molecule has 0 aromatic rings. The predicted octanol–water partition coefficient (Wildman–Crippen LogP) is 1.52. The fraction of sp³-hybridized carbons (Fsp3) is 0.667. The van der Waals surface area contributed by atoms with Gasteiger partial charge in [0.2, 0.25) is 0 Å². The minimum atomic E-state index is 0.886. The maximum absolute atomic E-state index is 3.96. The molecule has 0 rings (SSSR count). The van der Waals surface area contributed by atoms with E-state index in [1.54, 1.807) is 12.6 Å². The molecule has 0 unspecified atom stereocenters. The van der Waals surface area contributed by atoms with Crippen LogP contribution in [0.4, 0.5) is 0 Å². The number of aliphatic imine (C=N–C) groups is 2. The van der Waals surface area contributed by atoms with E-state index in [-0.39, 0.29) is 0 Å². The molecule has 0 amide bonds. The van der Waals surface area contributed by atoms with Crippen LogP contribution in [0.5, 0.6) is 0 Å². The van der Waals surface area contributed by atoms with Gasteiger partial charge in [0.25, 0.3) is 0 Å². The summed E-state index contributed by atoms with van der Waals surface area (Å²) in [7, 11) is 0. The van der Waals surface area contributed by atoms with Crippen molar-refractivity contribution < 1.29 is 0 Å². The maximum Gasteiger partial charge on any atom is 0.109 e. The molecule has 0 atom stereocenters. The van der Waals surface area contributed by atoms with Gasteiger partial charge >= 0.3 is 0 Å². The van der Waals surface area contributed by atoms with Crippen molar-refractivity contribution in [3.8, 4) is 0 Å². The third-order valence-electron chi connectivity index (χ3n) is 0.650. The lowest BCUT2D eigenvalue weighted by Gasteiger charge is -1.79. The normalized spacial score (nSPS) is 11.8. The van der Waals surface area contributed by atoms with Gasteiger partial charge < -0.3 is 0 Å². The number of nitrogens with zero attached hydrogens (tertiary/aromatic N) is 2. The van der Waals surface area contributed by atoms with Gasteiger partial charge in [0, 0.05) is 12.8 Å². The molecule has 0 fully saturated rings. The second-order valence-corrected chi connectivity index (χ2v) is 1.43. The van der Waals surface area contributed by atoms with E-state index in [0.717, 1.165) is 13.0 Å². The van der Waals surface area contributed by atoms with Crippen LogP contribution in [0.2, 0.25) is 0 Å². The summed E-state index contributed by atoms with van der Waals surface area (Å²) in [4.78, 5) is 7.75. The van der Waals surface area contributed by atoms with E-state index in [0.29, 0.717) is 0 Å². The first-order valence-corrected chi connectivity index (χ1v) is 2.88. The van der Waals surface area contributed by atoms with Crippen LogP contribution in [0.3, 0.4) is 0 Å². The summed E-state index contributed by atoms with van der Waals surface area (Å²) in [6, 6.07) is 0. The summed E-state index contributed by atoms with van der Waals surface area (Å²) in [5, 5.41) is 0. The Morgan fingerprint density at radius 3 is 2.75 bits per heavy atom. The van der Waals surface area contributed by atoms with Crippen LogP contribution >= 0.6 is 0 Å². The molecule has 0 aromatic heterocycles. The maximum atomic E-state index is 3.96. The Hall–Kier alpha value is -0.660. The monoisotopic (exact) mass is 112 g/mol. The van der Waals surface area contributed by atoms with Crippen LogP contribution in [0.1, 0.15) is 20.3 Å². The van der Waals surface area contributed by atoms with Crippen molar-refractivity contribution in [2.24, 2.45) is 9.98 Å². The van der Waals surface area contributed by atoms with Gasteiger partial charge in [-0.1, -0.05) is 6.92 Å². The van der Waals surface area contributed by atoms with Crippen LogP contribution in [0.15, 0.2) is 9.98 Å². The molecule has 46 valence electrons. The highest BCUT2D eigenvalue weighted by Gasteiger charge is 1.67. The molecule has 0 aliphatic carbocycles. The zero-order chi connectivity index (χ0) is 6.24. The first-order valence-electron chi connectivity index (χ1n) is 2.88. The van der Waals surface area contributed by atoms with Crippen molar-refractivity contribution >= 4 is 12.6 Å².